The molecule has 1 N–H and O–H groups in total. The Hall–Kier alpha value is -2.14. The van der Waals surface area contributed by atoms with Crippen LogP contribution in [0.4, 0.5) is 0 Å². The molecule has 0 radical (unpaired) electrons. The van der Waals surface area contributed by atoms with E-state index >= 15 is 0 Å². The van der Waals surface area contributed by atoms with Crippen LogP contribution in [-0.4, -0.2) is 41.1 Å². The van der Waals surface area contributed by atoms with Gasteiger partial charge in [-0.2, -0.15) is 0 Å². The molecule has 2 aliphatic rings. The van der Waals surface area contributed by atoms with Crippen molar-refractivity contribution in [1.82, 2.24) is 15.4 Å². The summed E-state index contributed by atoms with van der Waals surface area (Å²) in [5.41, 5.74) is 2.71. The largest absolute Gasteiger partial charge is 0.361 e. The standard InChI is InChI=1S/C21H27N3O2/c1-14-19(15(2)26-23-14)21(25)24-13-11-17(16-8-4-3-5-9-16)20-18(24)10-6-7-12-22-20/h3-5,8-9,17-18,20,22H,6-7,10-13H2,1-2H3/t17-,18-,20-/m1/s1. The Morgan fingerprint density at radius 2 is 2.00 bits per heavy atom. The summed E-state index contributed by atoms with van der Waals surface area (Å²) in [6.45, 7) is 5.49. The van der Waals surface area contributed by atoms with E-state index in [0.717, 1.165) is 32.4 Å². The smallest absolute Gasteiger partial charge is 0.259 e. The van der Waals surface area contributed by atoms with Gasteiger partial charge in [-0.1, -0.05) is 41.9 Å². The molecular weight excluding hydrogens is 326 g/mol. The predicted molar refractivity (Wildman–Crippen MR) is 100 cm³/mol. The zero-order chi connectivity index (χ0) is 18.1. The minimum atomic E-state index is 0.0754. The lowest BCUT2D eigenvalue weighted by molar-refractivity contribution is 0.0507. The lowest BCUT2D eigenvalue weighted by atomic mass is 9.79. The van der Waals surface area contributed by atoms with E-state index in [1.54, 1.807) is 0 Å². The van der Waals surface area contributed by atoms with Crippen molar-refractivity contribution in [3.8, 4) is 0 Å². The number of hydrogen-bond acceptors (Lipinski definition) is 4. The van der Waals surface area contributed by atoms with Crippen LogP contribution in [0.25, 0.3) is 0 Å². The summed E-state index contributed by atoms with van der Waals surface area (Å²) in [7, 11) is 0. The number of fused-ring (bicyclic) bond motifs is 1. The van der Waals surface area contributed by atoms with Crippen LogP contribution < -0.4 is 5.32 Å². The highest BCUT2D eigenvalue weighted by Crippen LogP contribution is 2.36. The lowest BCUT2D eigenvalue weighted by Crippen LogP contribution is -2.58. The third-order valence-electron chi connectivity index (χ3n) is 5.97. The van der Waals surface area contributed by atoms with Crippen molar-refractivity contribution in [1.29, 1.82) is 0 Å². The molecule has 5 nitrogen and oxygen atoms in total. The fourth-order valence-electron chi connectivity index (χ4n) is 4.70. The minimum absolute atomic E-state index is 0.0754. The number of aryl methyl sites for hydroxylation is 2. The molecule has 1 aromatic carbocycles. The number of amides is 1. The second-order valence-electron chi connectivity index (χ2n) is 7.55. The number of aromatic nitrogens is 1. The molecule has 0 bridgehead atoms. The zero-order valence-electron chi connectivity index (χ0n) is 15.6. The van der Waals surface area contributed by atoms with Crippen molar-refractivity contribution < 1.29 is 9.32 Å². The first kappa shape index (κ1) is 17.3. The van der Waals surface area contributed by atoms with Gasteiger partial charge in [-0.25, -0.2) is 0 Å². The molecule has 26 heavy (non-hydrogen) atoms. The topological polar surface area (TPSA) is 58.4 Å². The number of rotatable bonds is 2. The first-order valence-corrected chi connectivity index (χ1v) is 9.69. The van der Waals surface area contributed by atoms with Gasteiger partial charge in [0.15, 0.2) is 0 Å². The molecule has 2 saturated heterocycles. The first-order valence-electron chi connectivity index (χ1n) is 9.69. The fraction of sp³-hybridized carbons (Fsp3) is 0.524. The lowest BCUT2D eigenvalue weighted by Gasteiger charge is -2.45. The first-order chi connectivity index (χ1) is 12.7. The average molecular weight is 353 g/mol. The van der Waals surface area contributed by atoms with Gasteiger partial charge in [-0.05, 0) is 45.2 Å². The summed E-state index contributed by atoms with van der Waals surface area (Å²) in [4.78, 5) is 15.4. The third kappa shape index (κ3) is 3.05. The molecule has 0 saturated carbocycles. The van der Waals surface area contributed by atoms with Crippen LogP contribution in [0.2, 0.25) is 0 Å². The van der Waals surface area contributed by atoms with Crippen molar-refractivity contribution in [2.45, 2.75) is 57.5 Å². The second kappa shape index (κ2) is 7.23. The van der Waals surface area contributed by atoms with Crippen LogP contribution in [0.3, 0.4) is 0 Å². The Morgan fingerprint density at radius 1 is 1.19 bits per heavy atom. The van der Waals surface area contributed by atoms with E-state index < -0.39 is 0 Å². The van der Waals surface area contributed by atoms with Gasteiger partial charge in [-0.15, -0.1) is 0 Å². The number of likely N-dealkylation sites (tertiary alicyclic amines) is 1. The van der Waals surface area contributed by atoms with Gasteiger partial charge in [0.2, 0.25) is 0 Å². The van der Waals surface area contributed by atoms with E-state index in [0.29, 0.717) is 29.0 Å². The molecule has 1 amide bonds. The zero-order valence-corrected chi connectivity index (χ0v) is 15.6. The molecule has 0 aliphatic carbocycles. The quantitative estimate of drug-likeness (QED) is 0.899. The highest BCUT2D eigenvalue weighted by Gasteiger charge is 2.42. The van der Waals surface area contributed by atoms with Crippen LogP contribution in [-0.2, 0) is 0 Å². The van der Waals surface area contributed by atoms with Gasteiger partial charge in [0.1, 0.15) is 11.3 Å². The maximum atomic E-state index is 13.3. The number of piperidine rings is 1. The third-order valence-corrected chi connectivity index (χ3v) is 5.97. The van der Waals surface area contributed by atoms with Crippen molar-refractivity contribution in [3.63, 3.8) is 0 Å². The predicted octanol–water partition coefficient (Wildman–Crippen LogP) is 3.43. The Morgan fingerprint density at radius 3 is 2.73 bits per heavy atom. The van der Waals surface area contributed by atoms with E-state index in [1.165, 1.54) is 12.0 Å². The summed E-state index contributed by atoms with van der Waals surface area (Å²) >= 11 is 0. The van der Waals surface area contributed by atoms with Gasteiger partial charge < -0.3 is 14.7 Å². The molecule has 1 aromatic heterocycles. The van der Waals surface area contributed by atoms with Crippen molar-refractivity contribution in [2.24, 2.45) is 0 Å². The summed E-state index contributed by atoms with van der Waals surface area (Å²) in [5.74, 6) is 1.15. The Bertz CT molecular complexity index is 751. The highest BCUT2D eigenvalue weighted by atomic mass is 16.5. The van der Waals surface area contributed by atoms with E-state index in [-0.39, 0.29) is 11.9 Å². The molecule has 2 fully saturated rings. The number of carbonyl (C=O) groups excluding carboxylic acids is 1. The molecular formula is C21H27N3O2. The monoisotopic (exact) mass is 353 g/mol. The van der Waals surface area contributed by atoms with Crippen LogP contribution >= 0.6 is 0 Å². The van der Waals surface area contributed by atoms with Crippen LogP contribution in [0.15, 0.2) is 34.9 Å². The Balaban J connectivity index is 1.65. The van der Waals surface area contributed by atoms with Gasteiger partial charge in [0.05, 0.1) is 5.69 Å². The molecule has 0 spiro atoms. The number of carbonyl (C=O) groups is 1. The average Bonchev–Trinajstić information content (AvgIpc) is 2.86. The molecule has 138 valence electrons. The number of hydrogen-bond donors (Lipinski definition) is 1. The normalized spacial score (nSPS) is 26.2. The summed E-state index contributed by atoms with van der Waals surface area (Å²) < 4.78 is 5.25. The highest BCUT2D eigenvalue weighted by molar-refractivity contribution is 5.96. The van der Waals surface area contributed by atoms with Crippen LogP contribution in [0, 0.1) is 13.8 Å². The van der Waals surface area contributed by atoms with E-state index in [2.05, 4.69) is 45.7 Å². The molecule has 2 aliphatic heterocycles. The van der Waals surface area contributed by atoms with Gasteiger partial charge >= 0.3 is 0 Å². The van der Waals surface area contributed by atoms with Gasteiger partial charge in [0, 0.05) is 24.5 Å². The van der Waals surface area contributed by atoms with Gasteiger partial charge in [-0.3, -0.25) is 4.79 Å². The Labute approximate surface area is 154 Å². The maximum Gasteiger partial charge on any atom is 0.259 e. The van der Waals surface area contributed by atoms with Gasteiger partial charge in [0.25, 0.3) is 5.91 Å². The Kier molecular flexibility index (Phi) is 4.81. The molecule has 5 heteroatoms. The summed E-state index contributed by atoms with van der Waals surface area (Å²) in [5, 5.41) is 7.74. The minimum Gasteiger partial charge on any atom is -0.361 e. The van der Waals surface area contributed by atoms with Crippen molar-refractivity contribution >= 4 is 5.91 Å². The molecule has 0 unspecified atom stereocenters. The molecule has 3 heterocycles. The van der Waals surface area contributed by atoms with Crippen LogP contribution in [0.1, 0.15) is 59.0 Å². The van der Waals surface area contributed by atoms with Crippen molar-refractivity contribution in [3.05, 3.63) is 52.9 Å². The molecule has 3 atom stereocenters. The van der Waals surface area contributed by atoms with E-state index in [4.69, 9.17) is 4.52 Å². The van der Waals surface area contributed by atoms with E-state index in [9.17, 15) is 4.79 Å². The second-order valence-corrected chi connectivity index (χ2v) is 7.55. The fourth-order valence-corrected chi connectivity index (χ4v) is 4.70. The SMILES string of the molecule is Cc1noc(C)c1C(=O)N1CC[C@H](c2ccccc2)[C@H]2NCCCC[C@H]21. The summed E-state index contributed by atoms with van der Waals surface area (Å²) in [6, 6.07) is 11.3. The molecule has 4 rings (SSSR count). The number of nitrogens with zero attached hydrogens (tertiary/aromatic N) is 2. The van der Waals surface area contributed by atoms with Crippen LogP contribution in [0.5, 0.6) is 0 Å². The van der Waals surface area contributed by atoms with Crippen molar-refractivity contribution in [2.75, 3.05) is 13.1 Å². The number of benzene rings is 1. The van der Waals surface area contributed by atoms with E-state index in [1.807, 2.05) is 13.8 Å². The summed E-state index contributed by atoms with van der Waals surface area (Å²) in [6.07, 6.45) is 4.35. The molecule has 2 aromatic rings. The number of nitrogens with one attached hydrogen (secondary N) is 1. The maximum absolute atomic E-state index is 13.3.